The van der Waals surface area contributed by atoms with Gasteiger partial charge in [0.25, 0.3) is 5.56 Å². The molecule has 1 aromatic rings. The van der Waals surface area contributed by atoms with Crippen LogP contribution in [0.15, 0.2) is 17.2 Å². The van der Waals surface area contributed by atoms with E-state index in [-0.39, 0.29) is 11.6 Å². The van der Waals surface area contributed by atoms with Crippen LogP contribution in [0.3, 0.4) is 0 Å². The van der Waals surface area contributed by atoms with Gasteiger partial charge < -0.3 is 15.2 Å². The van der Waals surface area contributed by atoms with Gasteiger partial charge in [-0.05, 0) is 25.7 Å². The molecule has 1 aromatic heterocycles. The third-order valence-electron chi connectivity index (χ3n) is 4.18. The van der Waals surface area contributed by atoms with Gasteiger partial charge in [0.05, 0.1) is 0 Å². The number of piperidine rings is 1. The van der Waals surface area contributed by atoms with E-state index >= 15 is 0 Å². The van der Waals surface area contributed by atoms with Crippen LogP contribution in [-0.2, 0) is 6.54 Å². The van der Waals surface area contributed by atoms with Crippen molar-refractivity contribution >= 4 is 5.82 Å². The maximum atomic E-state index is 12.3. The first kappa shape index (κ1) is 14.1. The molecule has 0 saturated carbocycles. The molecule has 0 spiro atoms. The highest BCUT2D eigenvalue weighted by Gasteiger charge is 2.29. The van der Waals surface area contributed by atoms with E-state index in [0.29, 0.717) is 18.9 Å². The lowest BCUT2D eigenvalue weighted by molar-refractivity contribution is 0.333. The first-order chi connectivity index (χ1) is 9.21. The second-order valence-electron chi connectivity index (χ2n) is 5.22. The van der Waals surface area contributed by atoms with E-state index < -0.39 is 0 Å². The minimum absolute atomic E-state index is 0.00148. The summed E-state index contributed by atoms with van der Waals surface area (Å²) in [5, 5.41) is 0. The molecule has 0 aliphatic carbocycles. The van der Waals surface area contributed by atoms with E-state index in [4.69, 9.17) is 5.73 Å². The topological polar surface area (TPSA) is 64.2 Å². The number of rotatable bonds is 4. The standard InChI is InChI=1S/C14H24N4O/c1-3-11-5-7-18(12(9-11)10-15)13-14(19)17(4-2)8-6-16-13/h6,8,11-12H,3-5,7,9-10,15H2,1-2H3. The van der Waals surface area contributed by atoms with Crippen LogP contribution in [0.4, 0.5) is 5.82 Å². The Morgan fingerprint density at radius 3 is 2.89 bits per heavy atom. The summed E-state index contributed by atoms with van der Waals surface area (Å²) in [5.41, 5.74) is 5.89. The van der Waals surface area contributed by atoms with Crippen molar-refractivity contribution in [2.45, 2.75) is 45.7 Å². The van der Waals surface area contributed by atoms with Gasteiger partial charge in [-0.25, -0.2) is 4.98 Å². The highest BCUT2D eigenvalue weighted by molar-refractivity contribution is 5.38. The van der Waals surface area contributed by atoms with E-state index in [2.05, 4.69) is 16.8 Å². The van der Waals surface area contributed by atoms with Crippen LogP contribution in [0.25, 0.3) is 0 Å². The van der Waals surface area contributed by atoms with Crippen molar-refractivity contribution in [1.29, 1.82) is 0 Å². The fraction of sp³-hybridized carbons (Fsp3) is 0.714. The van der Waals surface area contributed by atoms with Gasteiger partial charge >= 0.3 is 0 Å². The monoisotopic (exact) mass is 264 g/mol. The molecule has 2 rings (SSSR count). The van der Waals surface area contributed by atoms with Crippen LogP contribution in [0.2, 0.25) is 0 Å². The number of aryl methyl sites for hydroxylation is 1. The van der Waals surface area contributed by atoms with E-state index in [1.807, 2.05) is 6.92 Å². The van der Waals surface area contributed by atoms with Gasteiger partial charge in [0, 0.05) is 38.1 Å². The van der Waals surface area contributed by atoms with E-state index in [0.717, 1.165) is 25.3 Å². The Morgan fingerprint density at radius 1 is 1.47 bits per heavy atom. The number of anilines is 1. The summed E-state index contributed by atoms with van der Waals surface area (Å²) in [7, 11) is 0. The van der Waals surface area contributed by atoms with E-state index in [1.54, 1.807) is 17.0 Å². The average molecular weight is 264 g/mol. The predicted molar refractivity (Wildman–Crippen MR) is 77.4 cm³/mol. The molecule has 1 aliphatic heterocycles. The van der Waals surface area contributed by atoms with Crippen molar-refractivity contribution in [3.63, 3.8) is 0 Å². The maximum absolute atomic E-state index is 12.3. The first-order valence-corrected chi connectivity index (χ1v) is 7.23. The zero-order chi connectivity index (χ0) is 13.8. The number of nitrogens with zero attached hydrogens (tertiary/aromatic N) is 3. The fourth-order valence-corrected chi connectivity index (χ4v) is 2.89. The van der Waals surface area contributed by atoms with Gasteiger partial charge in [-0.1, -0.05) is 13.3 Å². The van der Waals surface area contributed by atoms with Gasteiger partial charge in [0.15, 0.2) is 5.82 Å². The van der Waals surface area contributed by atoms with Crippen molar-refractivity contribution in [1.82, 2.24) is 9.55 Å². The molecule has 1 aliphatic rings. The van der Waals surface area contributed by atoms with Crippen LogP contribution in [0.5, 0.6) is 0 Å². The molecular formula is C14H24N4O. The van der Waals surface area contributed by atoms with Gasteiger partial charge in [0.1, 0.15) is 0 Å². The Bertz CT molecular complexity index is 471. The average Bonchev–Trinajstić information content (AvgIpc) is 2.47. The van der Waals surface area contributed by atoms with Crippen LogP contribution in [-0.4, -0.2) is 28.7 Å². The zero-order valence-electron chi connectivity index (χ0n) is 11.9. The van der Waals surface area contributed by atoms with Crippen molar-refractivity contribution in [3.05, 3.63) is 22.7 Å². The molecule has 19 heavy (non-hydrogen) atoms. The second kappa shape index (κ2) is 6.19. The van der Waals surface area contributed by atoms with Crippen molar-refractivity contribution in [3.8, 4) is 0 Å². The third-order valence-corrected chi connectivity index (χ3v) is 4.18. The van der Waals surface area contributed by atoms with E-state index in [1.165, 1.54) is 6.42 Å². The summed E-state index contributed by atoms with van der Waals surface area (Å²) >= 11 is 0. The summed E-state index contributed by atoms with van der Waals surface area (Å²) in [6.45, 7) is 6.33. The highest BCUT2D eigenvalue weighted by Crippen LogP contribution is 2.26. The van der Waals surface area contributed by atoms with Crippen LogP contribution in [0, 0.1) is 5.92 Å². The molecule has 2 N–H and O–H groups in total. The molecule has 1 saturated heterocycles. The molecule has 2 heterocycles. The molecular weight excluding hydrogens is 240 g/mol. The molecule has 106 valence electrons. The smallest absolute Gasteiger partial charge is 0.293 e. The summed E-state index contributed by atoms with van der Waals surface area (Å²) < 4.78 is 1.70. The Morgan fingerprint density at radius 2 is 2.26 bits per heavy atom. The lowest BCUT2D eigenvalue weighted by Crippen LogP contribution is -2.49. The molecule has 0 amide bonds. The van der Waals surface area contributed by atoms with Crippen molar-refractivity contribution in [2.75, 3.05) is 18.0 Å². The van der Waals surface area contributed by atoms with Gasteiger partial charge in [0.2, 0.25) is 0 Å². The van der Waals surface area contributed by atoms with Gasteiger partial charge in [-0.3, -0.25) is 4.79 Å². The lowest BCUT2D eigenvalue weighted by Gasteiger charge is -2.39. The Balaban J connectivity index is 2.28. The lowest BCUT2D eigenvalue weighted by atomic mass is 9.89. The number of hydrogen-bond donors (Lipinski definition) is 1. The fourth-order valence-electron chi connectivity index (χ4n) is 2.89. The van der Waals surface area contributed by atoms with Crippen molar-refractivity contribution in [2.24, 2.45) is 11.7 Å². The maximum Gasteiger partial charge on any atom is 0.293 e. The largest absolute Gasteiger partial charge is 0.348 e. The van der Waals surface area contributed by atoms with Crippen LogP contribution < -0.4 is 16.2 Å². The molecule has 0 aromatic carbocycles. The molecule has 0 radical (unpaired) electrons. The minimum atomic E-state index is -0.00148. The molecule has 2 atom stereocenters. The number of hydrogen-bond acceptors (Lipinski definition) is 4. The Hall–Kier alpha value is -1.36. The SMILES string of the molecule is CCC1CCN(c2nccn(CC)c2=O)C(CN)C1. The molecule has 5 nitrogen and oxygen atoms in total. The quantitative estimate of drug-likeness (QED) is 0.888. The third kappa shape index (κ3) is 2.81. The summed E-state index contributed by atoms with van der Waals surface area (Å²) in [5.74, 6) is 1.29. The van der Waals surface area contributed by atoms with E-state index in [9.17, 15) is 4.79 Å². The van der Waals surface area contributed by atoms with Gasteiger partial charge in [-0.2, -0.15) is 0 Å². The number of nitrogens with two attached hydrogens (primary N) is 1. The molecule has 2 unspecified atom stereocenters. The number of aromatic nitrogens is 2. The summed E-state index contributed by atoms with van der Waals surface area (Å²) in [6.07, 6.45) is 6.82. The normalized spacial score (nSPS) is 23.6. The first-order valence-electron chi connectivity index (χ1n) is 7.23. The minimum Gasteiger partial charge on any atom is -0.348 e. The molecule has 1 fully saturated rings. The summed E-state index contributed by atoms with van der Waals surface area (Å²) in [6, 6.07) is 0.242. The summed E-state index contributed by atoms with van der Waals surface area (Å²) in [4.78, 5) is 18.7. The second-order valence-corrected chi connectivity index (χ2v) is 5.22. The Labute approximate surface area is 114 Å². The van der Waals surface area contributed by atoms with Crippen molar-refractivity contribution < 1.29 is 0 Å². The predicted octanol–water partition coefficient (Wildman–Crippen LogP) is 1.22. The highest BCUT2D eigenvalue weighted by atomic mass is 16.1. The zero-order valence-corrected chi connectivity index (χ0v) is 11.9. The molecule has 5 heteroatoms. The van der Waals surface area contributed by atoms with Gasteiger partial charge in [-0.15, -0.1) is 0 Å². The van der Waals surface area contributed by atoms with Crippen LogP contribution >= 0.6 is 0 Å². The molecule has 0 bridgehead atoms. The Kier molecular flexibility index (Phi) is 4.58. The van der Waals surface area contributed by atoms with Crippen LogP contribution in [0.1, 0.15) is 33.1 Å².